The first-order valence-electron chi connectivity index (χ1n) is 6.50. The summed E-state index contributed by atoms with van der Waals surface area (Å²) in [4.78, 5) is 16.5. The second-order valence-corrected chi connectivity index (χ2v) is 5.57. The maximum atomic E-state index is 12.1. The molecule has 0 bridgehead atoms. The standard InChI is InChI=1S/C16H13BrN2O2/c1-11-14(19-8-3-2-7-15(19)18-11)10-21-16(20)12-5-4-6-13(17)9-12/h2-9H,10H2,1H3. The van der Waals surface area contributed by atoms with Gasteiger partial charge in [-0.2, -0.15) is 0 Å². The summed E-state index contributed by atoms with van der Waals surface area (Å²) in [5, 5.41) is 0. The lowest BCUT2D eigenvalue weighted by Crippen LogP contribution is -2.07. The van der Waals surface area contributed by atoms with Gasteiger partial charge in [-0.1, -0.05) is 28.1 Å². The quantitative estimate of drug-likeness (QED) is 0.679. The average Bonchev–Trinajstić information content (AvgIpc) is 2.80. The number of carbonyl (C=O) groups excluding carboxylic acids is 1. The number of benzene rings is 1. The van der Waals surface area contributed by atoms with E-state index in [1.54, 1.807) is 18.2 Å². The topological polar surface area (TPSA) is 43.6 Å². The molecule has 21 heavy (non-hydrogen) atoms. The number of carbonyl (C=O) groups is 1. The van der Waals surface area contributed by atoms with Gasteiger partial charge in [-0.05, 0) is 37.3 Å². The van der Waals surface area contributed by atoms with Crippen molar-refractivity contribution in [2.24, 2.45) is 0 Å². The predicted octanol–water partition coefficient (Wildman–Crippen LogP) is 3.76. The van der Waals surface area contributed by atoms with Crippen molar-refractivity contribution in [2.45, 2.75) is 13.5 Å². The monoisotopic (exact) mass is 344 g/mol. The Morgan fingerprint density at radius 1 is 1.29 bits per heavy atom. The van der Waals surface area contributed by atoms with E-state index in [9.17, 15) is 4.79 Å². The summed E-state index contributed by atoms with van der Waals surface area (Å²) < 4.78 is 8.18. The van der Waals surface area contributed by atoms with E-state index in [-0.39, 0.29) is 12.6 Å². The van der Waals surface area contributed by atoms with Gasteiger partial charge in [-0.3, -0.25) is 0 Å². The molecular weight excluding hydrogens is 332 g/mol. The van der Waals surface area contributed by atoms with Gasteiger partial charge in [0.15, 0.2) is 0 Å². The number of nitrogens with zero attached hydrogens (tertiary/aromatic N) is 2. The van der Waals surface area contributed by atoms with Gasteiger partial charge in [0.05, 0.1) is 17.0 Å². The minimum Gasteiger partial charge on any atom is -0.456 e. The Morgan fingerprint density at radius 2 is 2.14 bits per heavy atom. The van der Waals surface area contributed by atoms with Crippen molar-refractivity contribution < 1.29 is 9.53 Å². The first-order valence-corrected chi connectivity index (χ1v) is 7.30. The average molecular weight is 345 g/mol. The molecular formula is C16H13BrN2O2. The first-order chi connectivity index (χ1) is 10.1. The third-order valence-electron chi connectivity index (χ3n) is 3.23. The summed E-state index contributed by atoms with van der Waals surface area (Å²) in [7, 11) is 0. The maximum Gasteiger partial charge on any atom is 0.338 e. The van der Waals surface area contributed by atoms with Gasteiger partial charge in [0.1, 0.15) is 12.3 Å². The Kier molecular flexibility index (Phi) is 3.75. The summed E-state index contributed by atoms with van der Waals surface area (Å²) in [6.45, 7) is 2.11. The highest BCUT2D eigenvalue weighted by Gasteiger charge is 2.12. The third-order valence-corrected chi connectivity index (χ3v) is 3.72. The van der Waals surface area contributed by atoms with Crippen LogP contribution in [0.1, 0.15) is 21.7 Å². The number of aromatic nitrogens is 2. The zero-order valence-electron chi connectivity index (χ0n) is 11.4. The van der Waals surface area contributed by atoms with Gasteiger partial charge < -0.3 is 9.14 Å². The van der Waals surface area contributed by atoms with Crippen molar-refractivity contribution in [3.8, 4) is 0 Å². The molecule has 2 aromatic heterocycles. The normalized spacial score (nSPS) is 10.8. The molecule has 5 heteroatoms. The molecule has 4 nitrogen and oxygen atoms in total. The van der Waals surface area contributed by atoms with Crippen LogP contribution in [0.15, 0.2) is 53.1 Å². The fraction of sp³-hybridized carbons (Fsp3) is 0.125. The van der Waals surface area contributed by atoms with E-state index in [2.05, 4.69) is 20.9 Å². The third kappa shape index (κ3) is 2.83. The molecule has 106 valence electrons. The highest BCUT2D eigenvalue weighted by atomic mass is 79.9. The van der Waals surface area contributed by atoms with E-state index in [1.165, 1.54) is 0 Å². The van der Waals surface area contributed by atoms with Crippen LogP contribution in [0.3, 0.4) is 0 Å². The Bertz CT molecular complexity index is 811. The zero-order valence-corrected chi connectivity index (χ0v) is 13.0. The minimum absolute atomic E-state index is 0.197. The van der Waals surface area contributed by atoms with Gasteiger partial charge in [-0.25, -0.2) is 9.78 Å². The van der Waals surface area contributed by atoms with E-state index in [0.29, 0.717) is 5.56 Å². The molecule has 3 rings (SSSR count). The van der Waals surface area contributed by atoms with Crippen LogP contribution in [-0.4, -0.2) is 15.4 Å². The van der Waals surface area contributed by atoms with Gasteiger partial charge >= 0.3 is 5.97 Å². The number of fused-ring (bicyclic) bond motifs is 1. The van der Waals surface area contributed by atoms with Gasteiger partial charge in [0.25, 0.3) is 0 Å². The number of imidazole rings is 1. The largest absolute Gasteiger partial charge is 0.456 e. The van der Waals surface area contributed by atoms with E-state index in [1.807, 2.05) is 41.8 Å². The zero-order chi connectivity index (χ0) is 14.8. The van der Waals surface area contributed by atoms with Gasteiger partial charge in [0, 0.05) is 10.7 Å². The lowest BCUT2D eigenvalue weighted by molar-refractivity contribution is 0.0466. The van der Waals surface area contributed by atoms with Crippen molar-refractivity contribution in [3.63, 3.8) is 0 Å². The number of ether oxygens (including phenoxy) is 1. The summed E-state index contributed by atoms with van der Waals surface area (Å²) >= 11 is 3.34. The Labute approximate surface area is 130 Å². The SMILES string of the molecule is Cc1nc2ccccn2c1COC(=O)c1cccc(Br)c1. The van der Waals surface area contributed by atoms with Crippen LogP contribution >= 0.6 is 15.9 Å². The molecule has 0 N–H and O–H groups in total. The van der Waals surface area contributed by atoms with Crippen LogP contribution < -0.4 is 0 Å². The fourth-order valence-electron chi connectivity index (χ4n) is 2.17. The number of aryl methyl sites for hydroxylation is 1. The summed E-state index contributed by atoms with van der Waals surface area (Å²) in [5.41, 5.74) is 3.12. The van der Waals surface area contributed by atoms with Crippen LogP contribution in [-0.2, 0) is 11.3 Å². The molecule has 0 aliphatic rings. The van der Waals surface area contributed by atoms with Crippen molar-refractivity contribution in [3.05, 3.63) is 70.1 Å². The lowest BCUT2D eigenvalue weighted by Gasteiger charge is -2.06. The molecule has 0 amide bonds. The molecule has 0 aliphatic heterocycles. The van der Waals surface area contributed by atoms with E-state index in [4.69, 9.17) is 4.74 Å². The number of rotatable bonds is 3. The molecule has 1 aromatic carbocycles. The first kappa shape index (κ1) is 13.8. The molecule has 0 aliphatic carbocycles. The molecule has 0 atom stereocenters. The molecule has 2 heterocycles. The van der Waals surface area contributed by atoms with E-state index >= 15 is 0 Å². The van der Waals surface area contributed by atoms with Crippen LogP contribution in [0.2, 0.25) is 0 Å². The summed E-state index contributed by atoms with van der Waals surface area (Å²) in [6.07, 6.45) is 1.91. The fourth-order valence-corrected chi connectivity index (χ4v) is 2.57. The number of hydrogen-bond acceptors (Lipinski definition) is 3. The summed E-state index contributed by atoms with van der Waals surface area (Å²) in [5.74, 6) is -0.346. The molecule has 0 saturated carbocycles. The van der Waals surface area contributed by atoms with E-state index in [0.717, 1.165) is 21.5 Å². The van der Waals surface area contributed by atoms with Crippen molar-refractivity contribution >= 4 is 27.5 Å². The maximum absolute atomic E-state index is 12.1. The van der Waals surface area contributed by atoms with E-state index < -0.39 is 0 Å². The van der Waals surface area contributed by atoms with Crippen LogP contribution in [0.5, 0.6) is 0 Å². The van der Waals surface area contributed by atoms with Crippen molar-refractivity contribution in [1.29, 1.82) is 0 Å². The number of halogens is 1. The molecule has 0 radical (unpaired) electrons. The van der Waals surface area contributed by atoms with Gasteiger partial charge in [0.2, 0.25) is 0 Å². The highest BCUT2D eigenvalue weighted by molar-refractivity contribution is 9.10. The molecule has 0 saturated heterocycles. The second-order valence-electron chi connectivity index (χ2n) is 4.66. The summed E-state index contributed by atoms with van der Waals surface area (Å²) in [6, 6.07) is 12.9. The minimum atomic E-state index is -0.346. The molecule has 0 unspecified atom stereocenters. The number of esters is 1. The van der Waals surface area contributed by atoms with Gasteiger partial charge in [-0.15, -0.1) is 0 Å². The highest BCUT2D eigenvalue weighted by Crippen LogP contribution is 2.16. The number of hydrogen-bond donors (Lipinski definition) is 0. The Balaban J connectivity index is 1.80. The van der Waals surface area contributed by atoms with Crippen LogP contribution in [0.25, 0.3) is 5.65 Å². The smallest absolute Gasteiger partial charge is 0.338 e. The predicted molar refractivity (Wildman–Crippen MR) is 83.2 cm³/mol. The van der Waals surface area contributed by atoms with Crippen LogP contribution in [0, 0.1) is 6.92 Å². The lowest BCUT2D eigenvalue weighted by atomic mass is 10.2. The van der Waals surface area contributed by atoms with Crippen molar-refractivity contribution in [2.75, 3.05) is 0 Å². The number of pyridine rings is 1. The van der Waals surface area contributed by atoms with Crippen LogP contribution in [0.4, 0.5) is 0 Å². The molecule has 3 aromatic rings. The van der Waals surface area contributed by atoms with Crippen molar-refractivity contribution in [1.82, 2.24) is 9.38 Å². The second kappa shape index (κ2) is 5.69. The molecule has 0 spiro atoms. The Hall–Kier alpha value is -2.14. The molecule has 0 fully saturated rings. The Morgan fingerprint density at radius 3 is 2.95 bits per heavy atom.